The van der Waals surface area contributed by atoms with Crippen LogP contribution in [0.3, 0.4) is 0 Å². The second-order valence-corrected chi connectivity index (χ2v) is 10.7. The minimum absolute atomic E-state index is 0. The third-order valence-corrected chi connectivity index (χ3v) is 8.13. The molecule has 3 rings (SSSR count). The minimum Gasteiger partial charge on any atom is -0.497 e. The van der Waals surface area contributed by atoms with Crippen molar-refractivity contribution in [2.75, 3.05) is 53.3 Å². The molecular weight excluding hydrogens is 539 g/mol. The Balaban J connectivity index is 0.00000361. The molecule has 0 radical (unpaired) electrons. The summed E-state index contributed by atoms with van der Waals surface area (Å²) in [5.41, 5.74) is 2.78. The van der Waals surface area contributed by atoms with Gasteiger partial charge in [-0.05, 0) is 94.1 Å². The van der Waals surface area contributed by atoms with Gasteiger partial charge in [0, 0.05) is 28.8 Å². The summed E-state index contributed by atoms with van der Waals surface area (Å²) in [5, 5.41) is 3.60. The molecule has 0 amide bonds. The van der Waals surface area contributed by atoms with Gasteiger partial charge in [0.15, 0.2) is 11.5 Å². The summed E-state index contributed by atoms with van der Waals surface area (Å²) in [6, 6.07) is 13.3. The molecule has 1 atom stereocenters. The predicted molar refractivity (Wildman–Crippen MR) is 167 cm³/mol. The van der Waals surface area contributed by atoms with Crippen LogP contribution in [0.5, 0.6) is 17.2 Å². The van der Waals surface area contributed by atoms with Gasteiger partial charge in [-0.15, -0.1) is 36.6 Å². The molecule has 2 aromatic rings. The van der Waals surface area contributed by atoms with E-state index >= 15 is 0 Å². The number of thioether (sulfide) groups is 1. The zero-order valence-electron chi connectivity index (χ0n) is 23.6. The molecule has 1 N–H and O–H groups in total. The fourth-order valence-electron chi connectivity index (χ4n) is 5.20. The van der Waals surface area contributed by atoms with Crippen LogP contribution in [0, 0.1) is 0 Å². The third-order valence-electron chi connectivity index (χ3n) is 7.11. The zero-order chi connectivity index (χ0) is 25.6. The summed E-state index contributed by atoms with van der Waals surface area (Å²) in [6.07, 6.45) is 9.79. The molecule has 5 nitrogen and oxygen atoms in total. The molecular formula is C30H48Cl2N2O3S. The number of benzene rings is 2. The molecule has 0 saturated carbocycles. The van der Waals surface area contributed by atoms with Crippen molar-refractivity contribution in [2.45, 2.75) is 69.2 Å². The van der Waals surface area contributed by atoms with Crippen LogP contribution in [-0.2, 0) is 12.8 Å². The van der Waals surface area contributed by atoms with Gasteiger partial charge in [0.2, 0.25) is 0 Å². The summed E-state index contributed by atoms with van der Waals surface area (Å²) in [6.45, 7) is 6.89. The molecule has 38 heavy (non-hydrogen) atoms. The van der Waals surface area contributed by atoms with Gasteiger partial charge in [0.05, 0.1) is 21.3 Å². The Labute approximate surface area is 247 Å². The predicted octanol–water partition coefficient (Wildman–Crippen LogP) is 7.07. The van der Waals surface area contributed by atoms with Crippen LogP contribution in [-0.4, -0.2) is 64.2 Å². The third kappa shape index (κ3) is 10.7. The Hall–Kier alpha value is -1.31. The molecule has 0 spiro atoms. The van der Waals surface area contributed by atoms with Crippen molar-refractivity contribution in [1.82, 2.24) is 10.2 Å². The normalized spacial score (nSPS) is 14.3. The zero-order valence-corrected chi connectivity index (χ0v) is 26.1. The quantitative estimate of drug-likeness (QED) is 0.158. The van der Waals surface area contributed by atoms with Gasteiger partial charge >= 0.3 is 0 Å². The first-order valence-electron chi connectivity index (χ1n) is 13.6. The summed E-state index contributed by atoms with van der Waals surface area (Å²) < 4.78 is 16.4. The first-order chi connectivity index (χ1) is 17.7. The molecule has 0 aliphatic heterocycles. The molecule has 0 aromatic heterocycles. The summed E-state index contributed by atoms with van der Waals surface area (Å²) in [4.78, 5) is 4.04. The number of rotatable bonds is 17. The van der Waals surface area contributed by atoms with E-state index in [0.717, 1.165) is 48.9 Å². The fraction of sp³-hybridized carbons (Fsp3) is 0.600. The van der Waals surface area contributed by atoms with Crippen molar-refractivity contribution in [1.29, 1.82) is 0 Å². The molecule has 8 heteroatoms. The lowest BCUT2D eigenvalue weighted by Crippen LogP contribution is -2.40. The number of hydrogen-bond acceptors (Lipinski definition) is 6. The number of methoxy groups -OCH3 is 3. The van der Waals surface area contributed by atoms with Gasteiger partial charge in [-0.2, -0.15) is 0 Å². The first kappa shape index (κ1) is 34.7. The average Bonchev–Trinajstić information content (AvgIpc) is 2.92. The van der Waals surface area contributed by atoms with Crippen LogP contribution in [0.25, 0.3) is 0 Å². The van der Waals surface area contributed by atoms with Crippen molar-refractivity contribution in [2.24, 2.45) is 0 Å². The Bertz CT molecular complexity index is 902. The van der Waals surface area contributed by atoms with E-state index < -0.39 is 0 Å². The highest BCUT2D eigenvalue weighted by Crippen LogP contribution is 2.38. The number of fused-ring (bicyclic) bond motifs is 1. The van der Waals surface area contributed by atoms with E-state index in [9.17, 15) is 0 Å². The smallest absolute Gasteiger partial charge is 0.164 e. The number of unbranched alkanes of at least 4 members (excludes halogenated alkanes) is 3. The largest absolute Gasteiger partial charge is 0.497 e. The second kappa shape index (κ2) is 19.7. The van der Waals surface area contributed by atoms with Crippen molar-refractivity contribution in [3.63, 3.8) is 0 Å². The Morgan fingerprint density at radius 2 is 1.63 bits per heavy atom. The van der Waals surface area contributed by atoms with Crippen LogP contribution in [0.1, 0.15) is 56.6 Å². The van der Waals surface area contributed by atoms with Crippen LogP contribution in [0.2, 0.25) is 0 Å². The van der Waals surface area contributed by atoms with E-state index in [1.54, 1.807) is 21.3 Å². The Kier molecular flexibility index (Phi) is 18.0. The van der Waals surface area contributed by atoms with Gasteiger partial charge in [-0.3, -0.25) is 0 Å². The lowest BCUT2D eigenvalue weighted by Gasteiger charge is -2.36. The minimum atomic E-state index is 0. The fourth-order valence-corrected chi connectivity index (χ4v) is 6.01. The van der Waals surface area contributed by atoms with Crippen molar-refractivity contribution in [3.8, 4) is 17.2 Å². The molecule has 1 aliphatic carbocycles. The number of hydrogen-bond donors (Lipinski definition) is 1. The SMILES string of the molecule is CCCN(CCCCCCNCCSc1ccc(OC)cc1)C1CCc2c(ccc(OC)c2OC)C1.Cl.Cl. The number of nitrogens with zero attached hydrogens (tertiary/aromatic N) is 1. The van der Waals surface area contributed by atoms with Crippen molar-refractivity contribution < 1.29 is 14.2 Å². The van der Waals surface area contributed by atoms with Crippen LogP contribution in [0.15, 0.2) is 41.3 Å². The number of halogens is 2. The molecule has 216 valence electrons. The van der Waals surface area contributed by atoms with E-state index in [1.165, 1.54) is 67.6 Å². The van der Waals surface area contributed by atoms with E-state index in [2.05, 4.69) is 41.4 Å². The molecule has 0 fully saturated rings. The van der Waals surface area contributed by atoms with Crippen molar-refractivity contribution >= 4 is 36.6 Å². The first-order valence-corrected chi connectivity index (χ1v) is 14.6. The van der Waals surface area contributed by atoms with Crippen LogP contribution in [0.4, 0.5) is 0 Å². The highest BCUT2D eigenvalue weighted by atomic mass is 35.5. The Morgan fingerprint density at radius 3 is 2.32 bits per heavy atom. The Morgan fingerprint density at radius 1 is 0.868 bits per heavy atom. The second-order valence-electron chi connectivity index (χ2n) is 9.56. The lowest BCUT2D eigenvalue weighted by molar-refractivity contribution is 0.175. The molecule has 1 unspecified atom stereocenters. The monoisotopic (exact) mass is 586 g/mol. The molecule has 0 saturated heterocycles. The van der Waals surface area contributed by atoms with Crippen LogP contribution >= 0.6 is 36.6 Å². The van der Waals surface area contributed by atoms with E-state index in [1.807, 2.05) is 23.9 Å². The summed E-state index contributed by atoms with van der Waals surface area (Å²) in [5.74, 6) is 3.80. The maximum absolute atomic E-state index is 5.69. The van der Waals surface area contributed by atoms with Gasteiger partial charge < -0.3 is 24.4 Å². The van der Waals surface area contributed by atoms with Gasteiger partial charge in [-0.1, -0.05) is 25.8 Å². The highest BCUT2D eigenvalue weighted by Gasteiger charge is 2.27. The van der Waals surface area contributed by atoms with E-state index in [4.69, 9.17) is 14.2 Å². The number of ether oxygens (including phenoxy) is 3. The van der Waals surface area contributed by atoms with Gasteiger partial charge in [-0.25, -0.2) is 0 Å². The van der Waals surface area contributed by atoms with Gasteiger partial charge in [0.25, 0.3) is 0 Å². The average molecular weight is 588 g/mol. The molecule has 0 bridgehead atoms. The maximum Gasteiger partial charge on any atom is 0.164 e. The highest BCUT2D eigenvalue weighted by molar-refractivity contribution is 7.99. The topological polar surface area (TPSA) is 43.0 Å². The van der Waals surface area contributed by atoms with E-state index in [-0.39, 0.29) is 24.8 Å². The molecule has 0 heterocycles. The summed E-state index contributed by atoms with van der Waals surface area (Å²) >= 11 is 1.90. The molecule has 2 aromatic carbocycles. The van der Waals surface area contributed by atoms with Crippen molar-refractivity contribution in [3.05, 3.63) is 47.5 Å². The van der Waals surface area contributed by atoms with Gasteiger partial charge in [0.1, 0.15) is 5.75 Å². The molecule has 1 aliphatic rings. The lowest BCUT2D eigenvalue weighted by atomic mass is 9.86. The maximum atomic E-state index is 5.69. The standard InChI is InChI=1S/C30H46N2O3S.2ClH/c1-5-20-32(25-11-16-28-24(23-25)10-17-29(34-3)30(28)35-4)21-9-7-6-8-18-31-19-22-36-27-14-12-26(33-2)13-15-27;;/h10,12-15,17,25,31H,5-9,11,16,18-23H2,1-4H3;2*1H. The summed E-state index contributed by atoms with van der Waals surface area (Å²) in [7, 11) is 5.18. The number of nitrogens with one attached hydrogen (secondary N) is 1. The van der Waals surface area contributed by atoms with E-state index in [0.29, 0.717) is 6.04 Å². The van der Waals surface area contributed by atoms with Crippen LogP contribution < -0.4 is 19.5 Å².